The first kappa shape index (κ1) is 9.68. The lowest BCUT2D eigenvalue weighted by Crippen LogP contribution is -2.25. The van der Waals surface area contributed by atoms with Gasteiger partial charge in [0.1, 0.15) is 11.4 Å². The minimum atomic E-state index is 1.07. The van der Waals surface area contributed by atoms with Crippen LogP contribution in [0.15, 0.2) is 34.2 Å². The first-order chi connectivity index (χ1) is 6.79. The molecule has 14 heavy (non-hydrogen) atoms. The lowest BCUT2D eigenvalue weighted by molar-refractivity contribution is -0.671. The van der Waals surface area contributed by atoms with Gasteiger partial charge in [-0.25, -0.2) is 9.55 Å². The number of thioether (sulfide) groups is 1. The molecule has 4 heteroatoms. The van der Waals surface area contributed by atoms with E-state index in [1.165, 1.54) is 5.56 Å². The van der Waals surface area contributed by atoms with Crippen molar-refractivity contribution in [3.8, 4) is 11.3 Å². The Hall–Kier alpha value is -0.870. The van der Waals surface area contributed by atoms with Crippen LogP contribution in [-0.4, -0.2) is 11.2 Å². The Labute approximate surface area is 91.6 Å². The molecule has 0 bridgehead atoms. The molecule has 0 aliphatic heterocycles. The predicted octanol–water partition coefficient (Wildman–Crippen LogP) is 2.36. The van der Waals surface area contributed by atoms with Crippen molar-refractivity contribution in [3.63, 3.8) is 0 Å². The summed E-state index contributed by atoms with van der Waals surface area (Å²) in [4.78, 5) is 4.50. The summed E-state index contributed by atoms with van der Waals surface area (Å²) in [6.07, 6.45) is 6.12. The van der Waals surface area contributed by atoms with E-state index in [1.54, 1.807) is 23.1 Å². The van der Waals surface area contributed by atoms with Crippen LogP contribution in [-0.2, 0) is 7.05 Å². The molecule has 0 spiro atoms. The van der Waals surface area contributed by atoms with Crippen LogP contribution in [0.2, 0.25) is 0 Å². The average Bonchev–Trinajstić information content (AvgIpc) is 2.67. The van der Waals surface area contributed by atoms with Gasteiger partial charge in [0, 0.05) is 23.1 Å². The molecule has 0 saturated heterocycles. The van der Waals surface area contributed by atoms with Gasteiger partial charge in [-0.2, -0.15) is 0 Å². The molecule has 0 unspecified atom stereocenters. The van der Waals surface area contributed by atoms with Crippen LogP contribution in [0.4, 0.5) is 0 Å². The molecular weight excluding hydrogens is 212 g/mol. The van der Waals surface area contributed by atoms with Crippen LogP contribution in [0.1, 0.15) is 0 Å². The van der Waals surface area contributed by atoms with Crippen LogP contribution in [0.25, 0.3) is 11.3 Å². The van der Waals surface area contributed by atoms with Crippen LogP contribution in [0.3, 0.4) is 0 Å². The summed E-state index contributed by atoms with van der Waals surface area (Å²) in [6.45, 7) is 0. The standard InChI is InChI=1S/C10H11N2S2/c1-12-5-3-8(4-6-12)9-7-14-10(11-9)13-2/h3-7H,1-2H3/q+1. The van der Waals surface area contributed by atoms with Crippen LogP contribution in [0.5, 0.6) is 0 Å². The number of thiazole rings is 1. The van der Waals surface area contributed by atoms with Gasteiger partial charge in [-0.05, 0) is 6.26 Å². The summed E-state index contributed by atoms with van der Waals surface area (Å²) < 4.78 is 3.14. The summed E-state index contributed by atoms with van der Waals surface area (Å²) in [6, 6.07) is 4.16. The van der Waals surface area contributed by atoms with E-state index < -0.39 is 0 Å². The van der Waals surface area contributed by atoms with Crippen molar-refractivity contribution < 1.29 is 4.57 Å². The van der Waals surface area contributed by atoms with Crippen LogP contribution >= 0.6 is 23.1 Å². The van der Waals surface area contributed by atoms with E-state index in [9.17, 15) is 0 Å². The van der Waals surface area contributed by atoms with E-state index in [1.807, 2.05) is 30.3 Å². The quantitative estimate of drug-likeness (QED) is 0.574. The lowest BCUT2D eigenvalue weighted by atomic mass is 10.2. The third-order valence-corrected chi connectivity index (χ3v) is 3.80. The van der Waals surface area contributed by atoms with Gasteiger partial charge in [0.25, 0.3) is 0 Å². The molecule has 72 valence electrons. The Bertz CT molecular complexity index is 420. The molecule has 2 aromatic heterocycles. The molecule has 0 amide bonds. The van der Waals surface area contributed by atoms with E-state index in [0.717, 1.165) is 10.0 Å². The summed E-state index contributed by atoms with van der Waals surface area (Å²) in [5, 5.41) is 2.10. The molecular formula is C10H11N2S2+. The van der Waals surface area contributed by atoms with Gasteiger partial charge < -0.3 is 0 Å². The second-order valence-electron chi connectivity index (χ2n) is 2.96. The summed E-state index contributed by atoms with van der Waals surface area (Å²) in [5.74, 6) is 0. The zero-order chi connectivity index (χ0) is 9.97. The van der Waals surface area contributed by atoms with Gasteiger partial charge in [-0.1, -0.05) is 11.8 Å². The Morgan fingerprint density at radius 3 is 2.64 bits per heavy atom. The van der Waals surface area contributed by atoms with E-state index in [2.05, 4.69) is 22.5 Å². The summed E-state index contributed by atoms with van der Waals surface area (Å²) in [5.41, 5.74) is 2.25. The van der Waals surface area contributed by atoms with Gasteiger partial charge in [0.2, 0.25) is 0 Å². The monoisotopic (exact) mass is 223 g/mol. The Kier molecular flexibility index (Phi) is 2.84. The highest BCUT2D eigenvalue weighted by molar-refractivity contribution is 8.00. The normalized spacial score (nSPS) is 10.4. The van der Waals surface area contributed by atoms with Crippen LogP contribution in [0, 0.1) is 0 Å². The number of aromatic nitrogens is 2. The fourth-order valence-corrected chi connectivity index (χ4v) is 2.43. The number of nitrogens with zero attached hydrogens (tertiary/aromatic N) is 2. The second kappa shape index (κ2) is 4.11. The van der Waals surface area contributed by atoms with Crippen LogP contribution < -0.4 is 4.57 Å². The van der Waals surface area contributed by atoms with Gasteiger partial charge in [-0.15, -0.1) is 11.3 Å². The van der Waals surface area contributed by atoms with E-state index in [-0.39, 0.29) is 0 Å². The van der Waals surface area contributed by atoms with Crippen molar-refractivity contribution in [1.82, 2.24) is 4.98 Å². The van der Waals surface area contributed by atoms with E-state index >= 15 is 0 Å². The molecule has 0 saturated carbocycles. The Balaban J connectivity index is 2.34. The molecule has 0 atom stereocenters. The first-order valence-electron chi connectivity index (χ1n) is 4.25. The third-order valence-electron chi connectivity index (χ3n) is 1.93. The highest BCUT2D eigenvalue weighted by atomic mass is 32.2. The molecule has 2 nitrogen and oxygen atoms in total. The van der Waals surface area contributed by atoms with Crippen molar-refractivity contribution in [2.45, 2.75) is 4.34 Å². The zero-order valence-corrected chi connectivity index (χ0v) is 9.73. The largest absolute Gasteiger partial charge is 0.230 e. The fraction of sp³-hybridized carbons (Fsp3) is 0.200. The molecule has 0 fully saturated rings. The maximum Gasteiger partial charge on any atom is 0.169 e. The predicted molar refractivity (Wildman–Crippen MR) is 60.5 cm³/mol. The summed E-state index contributed by atoms with van der Waals surface area (Å²) in [7, 11) is 2.01. The second-order valence-corrected chi connectivity index (χ2v) is 4.87. The number of hydrogen-bond acceptors (Lipinski definition) is 3. The number of rotatable bonds is 2. The SMILES string of the molecule is CSc1nc(-c2cc[n+](C)cc2)cs1. The lowest BCUT2D eigenvalue weighted by Gasteiger charge is -1.93. The zero-order valence-electron chi connectivity index (χ0n) is 8.10. The molecule has 0 aliphatic rings. The number of pyridine rings is 1. The maximum absolute atomic E-state index is 4.50. The van der Waals surface area contributed by atoms with Crippen molar-refractivity contribution in [1.29, 1.82) is 0 Å². The Morgan fingerprint density at radius 2 is 2.07 bits per heavy atom. The average molecular weight is 223 g/mol. The molecule has 2 aromatic rings. The fourth-order valence-electron chi connectivity index (χ4n) is 1.16. The van der Waals surface area contributed by atoms with Gasteiger partial charge in [-0.3, -0.25) is 0 Å². The summed E-state index contributed by atoms with van der Waals surface area (Å²) >= 11 is 3.38. The molecule has 0 aliphatic carbocycles. The third kappa shape index (κ3) is 1.96. The highest BCUT2D eigenvalue weighted by Crippen LogP contribution is 2.25. The molecule has 2 heterocycles. The van der Waals surface area contributed by atoms with Crippen molar-refractivity contribution in [2.24, 2.45) is 7.05 Å². The number of aryl methyl sites for hydroxylation is 1. The number of hydrogen-bond donors (Lipinski definition) is 0. The van der Waals surface area contributed by atoms with E-state index in [0.29, 0.717) is 0 Å². The minimum Gasteiger partial charge on any atom is -0.230 e. The van der Waals surface area contributed by atoms with Crippen molar-refractivity contribution in [3.05, 3.63) is 29.9 Å². The van der Waals surface area contributed by atoms with Gasteiger partial charge in [0.05, 0.1) is 5.69 Å². The topological polar surface area (TPSA) is 16.8 Å². The molecule has 0 N–H and O–H groups in total. The smallest absolute Gasteiger partial charge is 0.169 e. The Morgan fingerprint density at radius 1 is 1.36 bits per heavy atom. The molecule has 0 aromatic carbocycles. The highest BCUT2D eigenvalue weighted by Gasteiger charge is 2.04. The van der Waals surface area contributed by atoms with Gasteiger partial charge >= 0.3 is 0 Å². The van der Waals surface area contributed by atoms with Crippen molar-refractivity contribution in [2.75, 3.05) is 6.26 Å². The molecule has 2 rings (SSSR count). The first-order valence-corrected chi connectivity index (χ1v) is 6.35. The maximum atomic E-state index is 4.50. The van der Waals surface area contributed by atoms with E-state index in [4.69, 9.17) is 0 Å². The molecule has 0 radical (unpaired) electrons. The van der Waals surface area contributed by atoms with Crippen molar-refractivity contribution >= 4 is 23.1 Å². The van der Waals surface area contributed by atoms with Gasteiger partial charge in [0.15, 0.2) is 12.4 Å². The minimum absolute atomic E-state index is 1.07.